The Balaban J connectivity index is 2.47. The summed E-state index contributed by atoms with van der Waals surface area (Å²) in [7, 11) is 3.39. The third-order valence-electron chi connectivity index (χ3n) is 3.21. The van der Waals surface area contributed by atoms with Crippen LogP contribution in [0.3, 0.4) is 0 Å². The first-order chi connectivity index (χ1) is 7.79. The third kappa shape index (κ3) is 4.10. The lowest BCUT2D eigenvalue weighted by Gasteiger charge is -2.28. The summed E-state index contributed by atoms with van der Waals surface area (Å²) >= 11 is 0. The highest BCUT2D eigenvalue weighted by atomic mass is 16.5. The molecule has 0 aromatic heterocycles. The highest BCUT2D eigenvalue weighted by molar-refractivity contribution is 5.85. The molecule has 94 valence electrons. The van der Waals surface area contributed by atoms with E-state index in [2.05, 4.69) is 4.99 Å². The van der Waals surface area contributed by atoms with Crippen molar-refractivity contribution in [1.82, 2.24) is 0 Å². The van der Waals surface area contributed by atoms with Gasteiger partial charge >= 0.3 is 0 Å². The maximum Gasteiger partial charge on any atom is 0.123 e. The van der Waals surface area contributed by atoms with Gasteiger partial charge in [0.15, 0.2) is 0 Å². The van der Waals surface area contributed by atoms with Gasteiger partial charge in [0.25, 0.3) is 0 Å². The van der Waals surface area contributed by atoms with Crippen molar-refractivity contribution in [2.75, 3.05) is 27.4 Å². The number of hydrogen-bond donors (Lipinski definition) is 1. The van der Waals surface area contributed by atoms with Crippen LogP contribution in [0.2, 0.25) is 0 Å². The normalized spacial score (nSPS) is 21.0. The van der Waals surface area contributed by atoms with Crippen LogP contribution in [0.1, 0.15) is 32.1 Å². The molecule has 0 aliphatic heterocycles. The maximum atomic E-state index is 5.97. The first-order valence-corrected chi connectivity index (χ1v) is 6.11. The van der Waals surface area contributed by atoms with Crippen LogP contribution >= 0.6 is 0 Å². The van der Waals surface area contributed by atoms with Crippen molar-refractivity contribution in [3.05, 3.63) is 0 Å². The van der Waals surface area contributed by atoms with Gasteiger partial charge in [0.1, 0.15) is 11.9 Å². The van der Waals surface area contributed by atoms with Gasteiger partial charge in [0, 0.05) is 14.2 Å². The molecule has 4 nitrogen and oxygen atoms in total. The predicted octanol–water partition coefficient (Wildman–Crippen LogP) is 1.59. The Bertz CT molecular complexity index is 213. The van der Waals surface area contributed by atoms with Crippen molar-refractivity contribution in [1.29, 1.82) is 0 Å². The quantitative estimate of drug-likeness (QED) is 0.426. The smallest absolute Gasteiger partial charge is 0.123 e. The highest BCUT2D eigenvalue weighted by Gasteiger charge is 2.26. The van der Waals surface area contributed by atoms with E-state index < -0.39 is 0 Å². The van der Waals surface area contributed by atoms with Crippen LogP contribution in [0.25, 0.3) is 0 Å². The SMILES string of the molecule is COCCN=C(N)C(OC)C1CCCCC1. The number of amidine groups is 1. The molecule has 1 aliphatic carbocycles. The van der Waals surface area contributed by atoms with E-state index >= 15 is 0 Å². The molecule has 0 bridgehead atoms. The molecule has 1 atom stereocenters. The van der Waals surface area contributed by atoms with E-state index in [9.17, 15) is 0 Å². The molecule has 0 aromatic rings. The summed E-state index contributed by atoms with van der Waals surface area (Å²) in [6, 6.07) is 0. The van der Waals surface area contributed by atoms with Crippen LogP contribution in [-0.2, 0) is 9.47 Å². The molecule has 1 fully saturated rings. The highest BCUT2D eigenvalue weighted by Crippen LogP contribution is 2.27. The second-order valence-corrected chi connectivity index (χ2v) is 4.35. The fraction of sp³-hybridized carbons (Fsp3) is 0.917. The molecule has 4 heteroatoms. The molecule has 0 aromatic carbocycles. The molecule has 1 unspecified atom stereocenters. The van der Waals surface area contributed by atoms with Crippen molar-refractivity contribution >= 4 is 5.84 Å². The van der Waals surface area contributed by atoms with Gasteiger partial charge in [-0.2, -0.15) is 0 Å². The summed E-state index contributed by atoms with van der Waals surface area (Å²) in [6.45, 7) is 1.23. The summed E-state index contributed by atoms with van der Waals surface area (Å²) in [6.07, 6.45) is 6.33. The lowest BCUT2D eigenvalue weighted by Crippen LogP contribution is -2.38. The number of rotatable bonds is 6. The minimum absolute atomic E-state index is 0.00263. The minimum atomic E-state index is -0.00263. The predicted molar refractivity (Wildman–Crippen MR) is 65.7 cm³/mol. The monoisotopic (exact) mass is 228 g/mol. The Hall–Kier alpha value is -0.610. The molecule has 0 heterocycles. The van der Waals surface area contributed by atoms with Gasteiger partial charge in [0.05, 0.1) is 13.2 Å². The molecule has 0 radical (unpaired) electrons. The number of aliphatic imine (C=N–C) groups is 1. The Morgan fingerprint density at radius 3 is 2.56 bits per heavy atom. The van der Waals surface area contributed by atoms with Gasteiger partial charge in [-0.3, -0.25) is 4.99 Å². The molecule has 1 aliphatic rings. The molecule has 2 N–H and O–H groups in total. The molecule has 1 saturated carbocycles. The second kappa shape index (κ2) is 7.63. The minimum Gasteiger partial charge on any atom is -0.385 e. The molecular weight excluding hydrogens is 204 g/mol. The average molecular weight is 228 g/mol. The number of hydrogen-bond acceptors (Lipinski definition) is 3. The summed E-state index contributed by atoms with van der Waals surface area (Å²) in [5.41, 5.74) is 5.97. The van der Waals surface area contributed by atoms with E-state index in [1.165, 1.54) is 32.1 Å². The zero-order chi connectivity index (χ0) is 11.8. The van der Waals surface area contributed by atoms with Crippen LogP contribution in [0, 0.1) is 5.92 Å². The Morgan fingerprint density at radius 2 is 2.00 bits per heavy atom. The third-order valence-corrected chi connectivity index (χ3v) is 3.21. The molecule has 16 heavy (non-hydrogen) atoms. The van der Waals surface area contributed by atoms with Gasteiger partial charge in [-0.15, -0.1) is 0 Å². The molecule has 0 spiro atoms. The van der Waals surface area contributed by atoms with Crippen molar-refractivity contribution in [3.63, 3.8) is 0 Å². The molecular formula is C12H24N2O2. The molecule has 0 saturated heterocycles. The van der Waals surface area contributed by atoms with Crippen LogP contribution in [0.15, 0.2) is 4.99 Å². The summed E-state index contributed by atoms with van der Waals surface area (Å²) in [4.78, 5) is 4.30. The van der Waals surface area contributed by atoms with Crippen LogP contribution in [-0.4, -0.2) is 39.3 Å². The first kappa shape index (κ1) is 13.5. The molecule has 1 rings (SSSR count). The van der Waals surface area contributed by atoms with Gasteiger partial charge in [-0.25, -0.2) is 0 Å². The van der Waals surface area contributed by atoms with E-state index in [-0.39, 0.29) is 6.10 Å². The zero-order valence-electron chi connectivity index (χ0n) is 10.4. The van der Waals surface area contributed by atoms with E-state index in [1.807, 2.05) is 0 Å². The van der Waals surface area contributed by atoms with Gasteiger partial charge in [-0.05, 0) is 18.8 Å². The summed E-state index contributed by atoms with van der Waals surface area (Å²) in [5.74, 6) is 1.18. The summed E-state index contributed by atoms with van der Waals surface area (Å²) < 4.78 is 10.4. The summed E-state index contributed by atoms with van der Waals surface area (Å²) in [5, 5.41) is 0. The van der Waals surface area contributed by atoms with Crippen LogP contribution in [0.4, 0.5) is 0 Å². The van der Waals surface area contributed by atoms with Crippen molar-refractivity contribution in [2.24, 2.45) is 16.6 Å². The van der Waals surface area contributed by atoms with Gasteiger partial charge < -0.3 is 15.2 Å². The fourth-order valence-corrected chi connectivity index (χ4v) is 2.35. The van der Waals surface area contributed by atoms with Gasteiger partial charge in [-0.1, -0.05) is 19.3 Å². The Labute approximate surface area is 98.2 Å². The maximum absolute atomic E-state index is 5.97. The van der Waals surface area contributed by atoms with Crippen molar-refractivity contribution in [3.8, 4) is 0 Å². The number of methoxy groups -OCH3 is 2. The van der Waals surface area contributed by atoms with Crippen molar-refractivity contribution in [2.45, 2.75) is 38.2 Å². The largest absolute Gasteiger partial charge is 0.385 e. The Kier molecular flexibility index (Phi) is 6.42. The average Bonchev–Trinajstić information content (AvgIpc) is 2.32. The first-order valence-electron chi connectivity index (χ1n) is 6.11. The zero-order valence-corrected chi connectivity index (χ0v) is 10.4. The lowest BCUT2D eigenvalue weighted by atomic mass is 9.85. The lowest BCUT2D eigenvalue weighted by molar-refractivity contribution is 0.0848. The molecule has 0 amide bonds. The van der Waals surface area contributed by atoms with Crippen LogP contribution in [0.5, 0.6) is 0 Å². The number of nitrogens with two attached hydrogens (primary N) is 1. The fourth-order valence-electron chi connectivity index (χ4n) is 2.35. The van der Waals surface area contributed by atoms with Gasteiger partial charge in [0.2, 0.25) is 0 Å². The Morgan fingerprint density at radius 1 is 1.31 bits per heavy atom. The van der Waals surface area contributed by atoms with E-state index in [1.54, 1.807) is 14.2 Å². The number of ether oxygens (including phenoxy) is 2. The van der Waals surface area contributed by atoms with E-state index in [4.69, 9.17) is 15.2 Å². The standard InChI is InChI=1S/C12H24N2O2/c1-15-9-8-14-12(13)11(16-2)10-6-4-3-5-7-10/h10-11H,3-9H2,1-2H3,(H2,13,14). The van der Waals surface area contributed by atoms with E-state index in [0.29, 0.717) is 24.9 Å². The second-order valence-electron chi connectivity index (χ2n) is 4.35. The number of nitrogens with zero attached hydrogens (tertiary/aromatic N) is 1. The topological polar surface area (TPSA) is 56.8 Å². The van der Waals surface area contributed by atoms with E-state index in [0.717, 1.165) is 0 Å². The van der Waals surface area contributed by atoms with Crippen LogP contribution < -0.4 is 5.73 Å². The van der Waals surface area contributed by atoms with Crippen molar-refractivity contribution < 1.29 is 9.47 Å².